The molecule has 0 bridgehead atoms. The van der Waals surface area contributed by atoms with Crippen LogP contribution in [-0.2, 0) is 14.3 Å². The third-order valence-corrected chi connectivity index (χ3v) is 4.84. The number of anilines is 1. The fourth-order valence-electron chi connectivity index (χ4n) is 3.56. The third kappa shape index (κ3) is 2.91. The number of ether oxygens (including phenoxy) is 1. The Hall–Kier alpha value is -2.66. The highest BCUT2D eigenvalue weighted by Crippen LogP contribution is 2.40. The molecule has 128 valence electrons. The molecule has 0 N–H and O–H groups in total. The van der Waals surface area contributed by atoms with Gasteiger partial charge in [-0.3, -0.25) is 9.59 Å². The molecule has 2 amide bonds. The van der Waals surface area contributed by atoms with Crippen LogP contribution in [0.25, 0.3) is 0 Å². The predicted octanol–water partition coefficient (Wildman–Crippen LogP) is 2.02. The van der Waals surface area contributed by atoms with Crippen molar-refractivity contribution in [3.63, 3.8) is 0 Å². The number of fused-ring (bicyclic) bond motifs is 1. The normalized spacial score (nSPS) is 19.8. The molecule has 2 aromatic carbocycles. The Balaban J connectivity index is 1.63. The van der Waals surface area contributed by atoms with Gasteiger partial charge in [-0.1, -0.05) is 48.5 Å². The average Bonchev–Trinajstić information content (AvgIpc) is 2.95. The van der Waals surface area contributed by atoms with Gasteiger partial charge in [-0.15, -0.1) is 0 Å². The molecule has 25 heavy (non-hydrogen) atoms. The van der Waals surface area contributed by atoms with Crippen molar-refractivity contribution in [1.29, 1.82) is 0 Å². The van der Waals surface area contributed by atoms with Crippen molar-refractivity contribution < 1.29 is 14.3 Å². The lowest BCUT2D eigenvalue weighted by Gasteiger charge is -2.29. The number of carbonyl (C=O) groups is 2. The Morgan fingerprint density at radius 2 is 1.68 bits per heavy atom. The molecule has 0 aliphatic carbocycles. The summed E-state index contributed by atoms with van der Waals surface area (Å²) in [4.78, 5) is 29.1. The minimum atomic E-state index is -0.338. The van der Waals surface area contributed by atoms with Crippen molar-refractivity contribution in [3.8, 4) is 0 Å². The van der Waals surface area contributed by atoms with Gasteiger partial charge < -0.3 is 14.5 Å². The maximum Gasteiger partial charge on any atom is 0.242 e. The van der Waals surface area contributed by atoms with Crippen LogP contribution in [0.5, 0.6) is 0 Å². The van der Waals surface area contributed by atoms with E-state index in [2.05, 4.69) is 0 Å². The van der Waals surface area contributed by atoms with Crippen LogP contribution in [0.1, 0.15) is 17.0 Å². The van der Waals surface area contributed by atoms with Crippen molar-refractivity contribution in [1.82, 2.24) is 4.90 Å². The smallest absolute Gasteiger partial charge is 0.242 e. The Bertz CT molecular complexity index is 785. The first kappa shape index (κ1) is 15.8. The van der Waals surface area contributed by atoms with E-state index in [0.717, 1.165) is 16.8 Å². The van der Waals surface area contributed by atoms with Crippen LogP contribution in [0.15, 0.2) is 54.6 Å². The summed E-state index contributed by atoms with van der Waals surface area (Å²) < 4.78 is 5.30. The topological polar surface area (TPSA) is 49.9 Å². The van der Waals surface area contributed by atoms with Crippen molar-refractivity contribution >= 4 is 17.5 Å². The highest BCUT2D eigenvalue weighted by Gasteiger charge is 2.39. The molecular weight excluding hydrogens is 316 g/mol. The summed E-state index contributed by atoms with van der Waals surface area (Å²) in [5, 5.41) is 0. The highest BCUT2D eigenvalue weighted by atomic mass is 16.5. The van der Waals surface area contributed by atoms with Crippen LogP contribution in [0.4, 0.5) is 5.69 Å². The van der Waals surface area contributed by atoms with Gasteiger partial charge in [0.25, 0.3) is 0 Å². The second kappa shape index (κ2) is 6.69. The molecular formula is C20H20N2O3. The number of amides is 2. The molecule has 1 fully saturated rings. The second-order valence-electron chi connectivity index (χ2n) is 6.32. The van der Waals surface area contributed by atoms with E-state index in [1.807, 2.05) is 54.6 Å². The Kier molecular flexibility index (Phi) is 4.24. The molecule has 2 heterocycles. The number of benzene rings is 2. The lowest BCUT2D eigenvalue weighted by molar-refractivity contribution is -0.135. The molecule has 5 heteroatoms. The number of rotatable bonds is 3. The van der Waals surface area contributed by atoms with E-state index < -0.39 is 0 Å². The van der Waals surface area contributed by atoms with Gasteiger partial charge in [-0.05, 0) is 17.2 Å². The van der Waals surface area contributed by atoms with Crippen LogP contribution < -0.4 is 4.90 Å². The third-order valence-electron chi connectivity index (χ3n) is 4.84. The molecule has 0 spiro atoms. The van der Waals surface area contributed by atoms with E-state index >= 15 is 0 Å². The average molecular weight is 336 g/mol. The SMILES string of the molecule is O=C(CN1C(=O)C(c2ccccc2)c2ccccc21)N1CCOCC1. The Morgan fingerprint density at radius 3 is 2.44 bits per heavy atom. The van der Waals surface area contributed by atoms with Crippen LogP contribution in [0, 0.1) is 0 Å². The monoisotopic (exact) mass is 336 g/mol. The molecule has 0 aromatic heterocycles. The quantitative estimate of drug-likeness (QED) is 0.862. The summed E-state index contributed by atoms with van der Waals surface area (Å²) in [7, 11) is 0. The first-order valence-corrected chi connectivity index (χ1v) is 8.56. The minimum absolute atomic E-state index is 0.0276. The maximum absolute atomic E-state index is 13.1. The van der Waals surface area contributed by atoms with E-state index in [-0.39, 0.29) is 24.3 Å². The van der Waals surface area contributed by atoms with Gasteiger partial charge in [0.15, 0.2) is 0 Å². The van der Waals surface area contributed by atoms with Crippen LogP contribution in [-0.4, -0.2) is 49.6 Å². The summed E-state index contributed by atoms with van der Waals surface area (Å²) >= 11 is 0. The molecule has 4 rings (SSSR count). The molecule has 2 aliphatic rings. The summed E-state index contributed by atoms with van der Waals surface area (Å²) in [5.74, 6) is -0.399. The zero-order chi connectivity index (χ0) is 17.2. The van der Waals surface area contributed by atoms with E-state index in [4.69, 9.17) is 4.74 Å². The largest absolute Gasteiger partial charge is 0.378 e. The van der Waals surface area contributed by atoms with Crippen molar-refractivity contribution in [2.24, 2.45) is 0 Å². The lowest BCUT2D eigenvalue weighted by Crippen LogP contribution is -2.46. The van der Waals surface area contributed by atoms with Crippen molar-refractivity contribution in [2.75, 3.05) is 37.7 Å². The molecule has 5 nitrogen and oxygen atoms in total. The number of morpholine rings is 1. The number of hydrogen-bond donors (Lipinski definition) is 0. The van der Waals surface area contributed by atoms with E-state index in [0.29, 0.717) is 26.3 Å². The molecule has 1 unspecified atom stereocenters. The summed E-state index contributed by atoms with van der Waals surface area (Å²) in [5.41, 5.74) is 2.76. The van der Waals surface area contributed by atoms with E-state index in [1.54, 1.807) is 9.80 Å². The summed E-state index contributed by atoms with van der Waals surface area (Å²) in [6.45, 7) is 2.38. The van der Waals surface area contributed by atoms with Crippen LogP contribution in [0.2, 0.25) is 0 Å². The standard InChI is InChI=1S/C20H20N2O3/c23-18(21-10-12-25-13-11-21)14-22-17-9-5-4-8-16(17)19(20(22)24)15-6-2-1-3-7-15/h1-9,19H,10-14H2. The van der Waals surface area contributed by atoms with Crippen molar-refractivity contribution in [2.45, 2.75) is 5.92 Å². The molecule has 2 aliphatic heterocycles. The molecule has 1 saturated heterocycles. The van der Waals surface area contributed by atoms with Crippen LogP contribution in [0.3, 0.4) is 0 Å². The van der Waals surface area contributed by atoms with Gasteiger partial charge in [0, 0.05) is 18.8 Å². The van der Waals surface area contributed by atoms with Gasteiger partial charge in [0.05, 0.1) is 19.1 Å². The highest BCUT2D eigenvalue weighted by molar-refractivity contribution is 6.09. The molecule has 2 aromatic rings. The predicted molar refractivity (Wildman–Crippen MR) is 94.5 cm³/mol. The number of nitrogens with zero attached hydrogens (tertiary/aromatic N) is 2. The Labute approximate surface area is 146 Å². The van der Waals surface area contributed by atoms with E-state index in [1.165, 1.54) is 0 Å². The first-order valence-electron chi connectivity index (χ1n) is 8.56. The number of carbonyl (C=O) groups excluding carboxylic acids is 2. The second-order valence-corrected chi connectivity index (χ2v) is 6.32. The number of para-hydroxylation sites is 1. The van der Waals surface area contributed by atoms with Gasteiger partial charge >= 0.3 is 0 Å². The summed E-state index contributed by atoms with van der Waals surface area (Å²) in [6, 6.07) is 17.5. The molecule has 1 atom stereocenters. The molecule has 0 saturated carbocycles. The van der Waals surface area contributed by atoms with E-state index in [9.17, 15) is 9.59 Å². The van der Waals surface area contributed by atoms with Gasteiger partial charge in [0.1, 0.15) is 6.54 Å². The molecule has 0 radical (unpaired) electrons. The zero-order valence-electron chi connectivity index (χ0n) is 13.9. The maximum atomic E-state index is 13.1. The fraction of sp³-hybridized carbons (Fsp3) is 0.300. The van der Waals surface area contributed by atoms with Crippen LogP contribution >= 0.6 is 0 Å². The van der Waals surface area contributed by atoms with Gasteiger partial charge in [-0.2, -0.15) is 0 Å². The van der Waals surface area contributed by atoms with Crippen molar-refractivity contribution in [3.05, 3.63) is 65.7 Å². The fourth-order valence-corrected chi connectivity index (χ4v) is 3.56. The number of hydrogen-bond acceptors (Lipinski definition) is 3. The zero-order valence-corrected chi connectivity index (χ0v) is 13.9. The Morgan fingerprint density at radius 1 is 1.00 bits per heavy atom. The van der Waals surface area contributed by atoms with Gasteiger partial charge in [0.2, 0.25) is 11.8 Å². The first-order chi connectivity index (χ1) is 12.3. The summed E-state index contributed by atoms with van der Waals surface area (Å²) in [6.07, 6.45) is 0. The minimum Gasteiger partial charge on any atom is -0.378 e. The van der Waals surface area contributed by atoms with Gasteiger partial charge in [-0.25, -0.2) is 0 Å². The lowest BCUT2D eigenvalue weighted by atomic mass is 9.93.